The number of aromatic nitrogens is 2. The number of aliphatic carboxylic acids is 1. The summed E-state index contributed by atoms with van der Waals surface area (Å²) in [7, 11) is 0. The summed E-state index contributed by atoms with van der Waals surface area (Å²) in [6.45, 7) is 4.96. The Labute approximate surface area is 103 Å². The molecule has 0 aromatic carbocycles. The minimum absolute atomic E-state index is 0.0939. The third-order valence-electron chi connectivity index (χ3n) is 2.20. The van der Waals surface area contributed by atoms with E-state index in [-0.39, 0.29) is 12.3 Å². The number of hydrogen-bond donors (Lipinski definition) is 2. The van der Waals surface area contributed by atoms with Gasteiger partial charge in [-0.3, -0.25) is 9.59 Å². The van der Waals surface area contributed by atoms with Gasteiger partial charge in [0.1, 0.15) is 5.01 Å². The molecule has 2 N–H and O–H groups in total. The minimum atomic E-state index is -1.08. The zero-order valence-electron chi connectivity index (χ0n) is 9.98. The van der Waals surface area contributed by atoms with E-state index in [9.17, 15) is 9.59 Å². The van der Waals surface area contributed by atoms with Gasteiger partial charge in [-0.15, -0.1) is 10.2 Å². The fourth-order valence-electron chi connectivity index (χ4n) is 1.09. The number of carboxylic acid groups (broad SMARTS) is 1. The molecule has 0 atom stereocenters. The quantitative estimate of drug-likeness (QED) is 0.834. The van der Waals surface area contributed by atoms with Crippen LogP contribution >= 0.6 is 11.3 Å². The van der Waals surface area contributed by atoms with E-state index >= 15 is 0 Å². The first kappa shape index (κ1) is 13.6. The SMILES string of the molecule is CCc1nnc(NC(=O)CC(C)(C)C(=O)O)s1. The van der Waals surface area contributed by atoms with Crippen molar-refractivity contribution in [3.63, 3.8) is 0 Å². The molecular formula is C10H15N3O3S. The van der Waals surface area contributed by atoms with Gasteiger partial charge in [0.05, 0.1) is 5.41 Å². The summed E-state index contributed by atoms with van der Waals surface area (Å²) < 4.78 is 0. The van der Waals surface area contributed by atoms with Gasteiger partial charge >= 0.3 is 5.97 Å². The van der Waals surface area contributed by atoms with E-state index in [0.717, 1.165) is 11.4 Å². The van der Waals surface area contributed by atoms with Crippen LogP contribution < -0.4 is 5.32 Å². The van der Waals surface area contributed by atoms with Crippen LogP contribution in [-0.4, -0.2) is 27.2 Å². The average molecular weight is 257 g/mol. The smallest absolute Gasteiger partial charge is 0.309 e. The number of nitrogens with one attached hydrogen (secondary N) is 1. The Morgan fingerprint density at radius 2 is 2.06 bits per heavy atom. The third kappa shape index (κ3) is 3.77. The molecule has 1 heterocycles. The van der Waals surface area contributed by atoms with Crippen LogP contribution in [0.1, 0.15) is 32.2 Å². The molecule has 1 amide bonds. The van der Waals surface area contributed by atoms with E-state index in [2.05, 4.69) is 15.5 Å². The molecule has 6 nitrogen and oxygen atoms in total. The zero-order valence-corrected chi connectivity index (χ0v) is 10.8. The number of nitrogens with zero attached hydrogens (tertiary/aromatic N) is 2. The molecule has 7 heteroatoms. The lowest BCUT2D eigenvalue weighted by Crippen LogP contribution is -2.29. The van der Waals surface area contributed by atoms with Crippen molar-refractivity contribution in [2.24, 2.45) is 5.41 Å². The Morgan fingerprint density at radius 1 is 1.41 bits per heavy atom. The Morgan fingerprint density at radius 3 is 2.53 bits per heavy atom. The van der Waals surface area contributed by atoms with E-state index < -0.39 is 11.4 Å². The lowest BCUT2D eigenvalue weighted by molar-refractivity contribution is -0.148. The molecule has 0 saturated heterocycles. The summed E-state index contributed by atoms with van der Waals surface area (Å²) in [5, 5.41) is 20.3. The van der Waals surface area contributed by atoms with Crippen LogP contribution in [0.25, 0.3) is 0 Å². The second-order valence-electron chi connectivity index (χ2n) is 4.27. The number of amides is 1. The van der Waals surface area contributed by atoms with Crippen LogP contribution in [0.3, 0.4) is 0 Å². The molecular weight excluding hydrogens is 242 g/mol. The van der Waals surface area contributed by atoms with Gasteiger partial charge in [-0.2, -0.15) is 0 Å². The molecule has 0 bridgehead atoms. The molecule has 17 heavy (non-hydrogen) atoms. The molecule has 0 aliphatic heterocycles. The minimum Gasteiger partial charge on any atom is -0.481 e. The van der Waals surface area contributed by atoms with Crippen LogP contribution in [0, 0.1) is 5.41 Å². The number of carbonyl (C=O) groups excluding carboxylic acids is 1. The first-order valence-corrected chi connectivity index (χ1v) is 6.02. The Balaban J connectivity index is 2.58. The molecule has 0 radical (unpaired) electrons. The van der Waals surface area contributed by atoms with E-state index in [0.29, 0.717) is 5.13 Å². The lowest BCUT2D eigenvalue weighted by atomic mass is 9.89. The molecule has 0 spiro atoms. The first-order chi connectivity index (χ1) is 7.85. The van der Waals surface area contributed by atoms with Crippen LogP contribution in [0.5, 0.6) is 0 Å². The van der Waals surface area contributed by atoms with Gasteiger partial charge in [-0.05, 0) is 20.3 Å². The van der Waals surface area contributed by atoms with Crippen molar-refractivity contribution in [1.82, 2.24) is 10.2 Å². The van der Waals surface area contributed by atoms with Gasteiger partial charge in [0.2, 0.25) is 11.0 Å². The van der Waals surface area contributed by atoms with Crippen molar-refractivity contribution in [3.8, 4) is 0 Å². The highest BCUT2D eigenvalue weighted by atomic mass is 32.1. The molecule has 0 unspecified atom stereocenters. The molecule has 0 aliphatic rings. The highest BCUT2D eigenvalue weighted by Crippen LogP contribution is 2.22. The maximum atomic E-state index is 11.6. The summed E-state index contributed by atoms with van der Waals surface area (Å²) >= 11 is 1.29. The van der Waals surface area contributed by atoms with Gasteiger partial charge in [0, 0.05) is 6.42 Å². The number of hydrogen-bond acceptors (Lipinski definition) is 5. The summed E-state index contributed by atoms with van der Waals surface area (Å²) in [6.07, 6.45) is 0.664. The highest BCUT2D eigenvalue weighted by molar-refractivity contribution is 7.15. The fraction of sp³-hybridized carbons (Fsp3) is 0.600. The monoisotopic (exact) mass is 257 g/mol. The number of carbonyl (C=O) groups is 2. The van der Waals surface area contributed by atoms with E-state index in [1.165, 1.54) is 25.2 Å². The van der Waals surface area contributed by atoms with Crippen LogP contribution in [0.4, 0.5) is 5.13 Å². The van der Waals surface area contributed by atoms with Gasteiger partial charge in [-0.25, -0.2) is 0 Å². The Kier molecular flexibility index (Phi) is 4.17. The molecule has 1 aromatic heterocycles. The molecule has 0 fully saturated rings. The number of rotatable bonds is 5. The van der Waals surface area contributed by atoms with Crippen LogP contribution in [0.15, 0.2) is 0 Å². The predicted molar refractivity (Wildman–Crippen MR) is 64.0 cm³/mol. The van der Waals surface area contributed by atoms with Crippen molar-refractivity contribution in [2.45, 2.75) is 33.6 Å². The first-order valence-electron chi connectivity index (χ1n) is 5.21. The van der Waals surface area contributed by atoms with E-state index in [1.54, 1.807) is 0 Å². The molecule has 94 valence electrons. The van der Waals surface area contributed by atoms with Crippen LogP contribution in [0.2, 0.25) is 0 Å². The van der Waals surface area contributed by atoms with Crippen molar-refractivity contribution in [1.29, 1.82) is 0 Å². The third-order valence-corrected chi connectivity index (χ3v) is 3.18. The van der Waals surface area contributed by atoms with Crippen molar-refractivity contribution in [3.05, 3.63) is 5.01 Å². The standard InChI is InChI=1S/C10H15N3O3S/c1-4-7-12-13-9(17-7)11-6(14)5-10(2,3)8(15)16/h4-5H2,1-3H3,(H,15,16)(H,11,13,14). The predicted octanol–water partition coefficient (Wildman–Crippen LogP) is 1.54. The van der Waals surface area contributed by atoms with Crippen molar-refractivity contribution in [2.75, 3.05) is 5.32 Å². The zero-order chi connectivity index (χ0) is 13.1. The highest BCUT2D eigenvalue weighted by Gasteiger charge is 2.30. The number of aryl methyl sites for hydroxylation is 1. The summed E-state index contributed by atoms with van der Waals surface area (Å²) in [6, 6.07) is 0. The van der Waals surface area contributed by atoms with Gasteiger partial charge in [0.15, 0.2) is 0 Å². The second-order valence-corrected chi connectivity index (χ2v) is 5.33. The van der Waals surface area contributed by atoms with E-state index in [4.69, 9.17) is 5.11 Å². The van der Waals surface area contributed by atoms with Crippen molar-refractivity contribution >= 4 is 28.3 Å². The largest absolute Gasteiger partial charge is 0.481 e. The summed E-state index contributed by atoms with van der Waals surface area (Å²) in [4.78, 5) is 22.4. The molecule has 1 aromatic rings. The van der Waals surface area contributed by atoms with Gasteiger partial charge in [-0.1, -0.05) is 18.3 Å². The fourth-order valence-corrected chi connectivity index (χ4v) is 1.78. The van der Waals surface area contributed by atoms with Crippen LogP contribution in [-0.2, 0) is 16.0 Å². The van der Waals surface area contributed by atoms with Gasteiger partial charge in [0.25, 0.3) is 0 Å². The summed E-state index contributed by atoms with van der Waals surface area (Å²) in [5.74, 6) is -1.37. The second kappa shape index (κ2) is 5.22. The van der Waals surface area contributed by atoms with E-state index in [1.807, 2.05) is 6.92 Å². The average Bonchev–Trinajstić information content (AvgIpc) is 2.64. The molecule has 1 rings (SSSR count). The Bertz CT molecular complexity index is 428. The Hall–Kier alpha value is -1.50. The maximum Gasteiger partial charge on any atom is 0.309 e. The maximum absolute atomic E-state index is 11.6. The van der Waals surface area contributed by atoms with Crippen molar-refractivity contribution < 1.29 is 14.7 Å². The normalized spacial score (nSPS) is 11.2. The summed E-state index contributed by atoms with van der Waals surface area (Å²) in [5.41, 5.74) is -1.08. The number of carboxylic acids is 1. The molecule has 0 saturated carbocycles. The lowest BCUT2D eigenvalue weighted by Gasteiger charge is -2.17. The van der Waals surface area contributed by atoms with Gasteiger partial charge < -0.3 is 10.4 Å². The molecule has 0 aliphatic carbocycles. The number of anilines is 1. The topological polar surface area (TPSA) is 92.2 Å².